The van der Waals surface area contributed by atoms with Crippen LogP contribution in [-0.4, -0.2) is 31.6 Å². The van der Waals surface area contributed by atoms with Gasteiger partial charge in [0.25, 0.3) is 5.91 Å². The van der Waals surface area contributed by atoms with Crippen LogP contribution in [0.3, 0.4) is 0 Å². The van der Waals surface area contributed by atoms with E-state index in [1.165, 1.54) is 21.9 Å². The number of thiazole rings is 1. The zero-order valence-corrected chi connectivity index (χ0v) is 18.9. The molecule has 0 fully saturated rings. The second kappa shape index (κ2) is 7.55. The number of fused-ring (bicyclic) bond motifs is 1. The van der Waals surface area contributed by atoms with E-state index in [2.05, 4.69) is 26.2 Å². The quantitative estimate of drug-likeness (QED) is 0.580. The van der Waals surface area contributed by atoms with Crippen molar-refractivity contribution in [2.75, 3.05) is 15.9 Å². The van der Waals surface area contributed by atoms with Crippen molar-refractivity contribution in [2.24, 2.45) is 0 Å². The molecule has 29 heavy (non-hydrogen) atoms. The van der Waals surface area contributed by atoms with Gasteiger partial charge in [0.05, 0.1) is 17.6 Å². The van der Waals surface area contributed by atoms with Crippen LogP contribution in [0.25, 0.3) is 11.3 Å². The van der Waals surface area contributed by atoms with Gasteiger partial charge in [0.2, 0.25) is 10.0 Å². The number of carbonyl (C=O) groups excluding carboxylic acids is 1. The highest BCUT2D eigenvalue weighted by Crippen LogP contribution is 2.35. The summed E-state index contributed by atoms with van der Waals surface area (Å²) in [7, 11) is -3.35. The minimum Gasteiger partial charge on any atom is -0.298 e. The number of aromatic nitrogens is 1. The van der Waals surface area contributed by atoms with E-state index in [-0.39, 0.29) is 11.9 Å². The summed E-state index contributed by atoms with van der Waals surface area (Å²) in [6.45, 7) is 1.86. The van der Waals surface area contributed by atoms with Gasteiger partial charge in [-0.05, 0) is 49.2 Å². The fourth-order valence-corrected chi connectivity index (χ4v) is 5.75. The maximum Gasteiger partial charge on any atom is 0.257 e. The van der Waals surface area contributed by atoms with E-state index in [1.54, 1.807) is 18.2 Å². The van der Waals surface area contributed by atoms with Crippen LogP contribution in [-0.2, 0) is 16.4 Å². The monoisotopic (exact) mass is 491 g/mol. The Balaban J connectivity index is 1.53. The molecule has 2 aromatic carbocycles. The topological polar surface area (TPSA) is 79.4 Å². The third-order valence-electron chi connectivity index (χ3n) is 4.72. The molecule has 0 saturated heterocycles. The molecule has 0 aliphatic carbocycles. The van der Waals surface area contributed by atoms with E-state index >= 15 is 0 Å². The van der Waals surface area contributed by atoms with E-state index < -0.39 is 10.0 Å². The number of carbonyl (C=O) groups is 1. The second-order valence-electron chi connectivity index (χ2n) is 6.95. The number of nitrogens with zero attached hydrogens (tertiary/aromatic N) is 2. The summed E-state index contributed by atoms with van der Waals surface area (Å²) in [5.41, 5.74) is 3.74. The molecule has 0 radical (unpaired) electrons. The average molecular weight is 492 g/mol. The maximum atomic E-state index is 12.7. The van der Waals surface area contributed by atoms with Gasteiger partial charge in [-0.2, -0.15) is 0 Å². The third-order valence-corrected chi connectivity index (χ3v) is 7.27. The van der Waals surface area contributed by atoms with E-state index in [0.717, 1.165) is 21.3 Å². The Morgan fingerprint density at radius 2 is 1.97 bits per heavy atom. The minimum absolute atomic E-state index is 0.161. The lowest BCUT2D eigenvalue weighted by atomic mass is 10.1. The van der Waals surface area contributed by atoms with Crippen LogP contribution in [0.1, 0.15) is 22.8 Å². The van der Waals surface area contributed by atoms with Crippen molar-refractivity contribution in [1.82, 2.24) is 4.98 Å². The van der Waals surface area contributed by atoms with Crippen LogP contribution in [0.4, 0.5) is 10.8 Å². The van der Waals surface area contributed by atoms with E-state index in [4.69, 9.17) is 0 Å². The summed E-state index contributed by atoms with van der Waals surface area (Å²) in [4.78, 5) is 17.2. The van der Waals surface area contributed by atoms with Crippen molar-refractivity contribution in [1.29, 1.82) is 0 Å². The lowest BCUT2D eigenvalue weighted by Crippen LogP contribution is -2.34. The van der Waals surface area contributed by atoms with Crippen molar-refractivity contribution in [3.63, 3.8) is 0 Å². The van der Waals surface area contributed by atoms with Gasteiger partial charge in [0.15, 0.2) is 5.13 Å². The molecule has 0 unspecified atom stereocenters. The molecule has 0 spiro atoms. The minimum atomic E-state index is -3.35. The maximum absolute atomic E-state index is 12.7. The number of hydrogen-bond acceptors (Lipinski definition) is 5. The lowest BCUT2D eigenvalue weighted by molar-refractivity contribution is 0.102. The van der Waals surface area contributed by atoms with Crippen molar-refractivity contribution in [3.8, 4) is 11.3 Å². The summed E-state index contributed by atoms with van der Waals surface area (Å²) in [5, 5.41) is 5.24. The van der Waals surface area contributed by atoms with Gasteiger partial charge in [0.1, 0.15) is 0 Å². The standard InChI is InChI=1S/C20H18BrN3O3S2/c1-12-9-15-10-14(5-8-18(15)24(12)29(2,26)27)19(25)23-20-22-17(11-28-20)13-3-6-16(21)7-4-13/h3-8,10-12H,9H2,1-2H3,(H,22,23,25)/t12-/m1/s1. The van der Waals surface area contributed by atoms with Crippen LogP contribution < -0.4 is 9.62 Å². The highest BCUT2D eigenvalue weighted by Gasteiger charge is 2.32. The molecule has 150 valence electrons. The van der Waals surface area contributed by atoms with E-state index in [1.807, 2.05) is 36.6 Å². The number of anilines is 2. The second-order valence-corrected chi connectivity index (χ2v) is 10.6. The number of nitrogens with one attached hydrogen (secondary N) is 1. The normalized spacial score (nSPS) is 16.0. The van der Waals surface area contributed by atoms with Crippen molar-refractivity contribution in [2.45, 2.75) is 19.4 Å². The molecule has 1 aliphatic heterocycles. The van der Waals surface area contributed by atoms with Crippen LogP contribution in [0, 0.1) is 0 Å². The lowest BCUT2D eigenvalue weighted by Gasteiger charge is -2.21. The predicted octanol–water partition coefficient (Wildman–Crippen LogP) is 4.54. The predicted molar refractivity (Wildman–Crippen MR) is 120 cm³/mol. The summed E-state index contributed by atoms with van der Waals surface area (Å²) in [6.07, 6.45) is 1.78. The molecular weight excluding hydrogens is 474 g/mol. The fraction of sp³-hybridized carbons (Fsp3) is 0.200. The fourth-order valence-electron chi connectivity index (χ4n) is 3.50. The first-order chi connectivity index (χ1) is 13.7. The molecule has 1 aliphatic rings. The smallest absolute Gasteiger partial charge is 0.257 e. The summed E-state index contributed by atoms with van der Waals surface area (Å²) in [5.74, 6) is -0.269. The molecule has 0 bridgehead atoms. The molecule has 0 saturated carbocycles. The number of halogens is 1. The highest BCUT2D eigenvalue weighted by molar-refractivity contribution is 9.10. The van der Waals surface area contributed by atoms with E-state index in [0.29, 0.717) is 22.8 Å². The molecule has 2 heterocycles. The average Bonchev–Trinajstić information content (AvgIpc) is 3.24. The first kappa shape index (κ1) is 20.1. The zero-order valence-electron chi connectivity index (χ0n) is 15.7. The molecular formula is C20H18BrN3O3S2. The summed E-state index contributed by atoms with van der Waals surface area (Å²) >= 11 is 4.77. The number of rotatable bonds is 4. The van der Waals surface area contributed by atoms with E-state index in [9.17, 15) is 13.2 Å². The Morgan fingerprint density at radius 1 is 1.24 bits per heavy atom. The van der Waals surface area contributed by atoms with Gasteiger partial charge in [-0.25, -0.2) is 13.4 Å². The highest BCUT2D eigenvalue weighted by atomic mass is 79.9. The molecule has 6 nitrogen and oxygen atoms in total. The Morgan fingerprint density at radius 3 is 2.66 bits per heavy atom. The first-order valence-electron chi connectivity index (χ1n) is 8.87. The molecule has 1 amide bonds. The van der Waals surface area contributed by atoms with Gasteiger partial charge < -0.3 is 0 Å². The molecule has 1 atom stereocenters. The Hall–Kier alpha value is -2.23. The van der Waals surface area contributed by atoms with Crippen LogP contribution >= 0.6 is 27.3 Å². The molecule has 3 aromatic rings. The van der Waals surface area contributed by atoms with Crippen LogP contribution in [0.2, 0.25) is 0 Å². The number of amides is 1. The van der Waals surface area contributed by atoms with Gasteiger partial charge in [-0.1, -0.05) is 28.1 Å². The molecule has 4 rings (SSSR count). The molecule has 9 heteroatoms. The molecule has 1 aromatic heterocycles. The van der Waals surface area contributed by atoms with Gasteiger partial charge in [0, 0.05) is 27.0 Å². The Kier molecular flexibility index (Phi) is 5.22. The Labute approximate surface area is 181 Å². The Bertz CT molecular complexity index is 1190. The first-order valence-corrected chi connectivity index (χ1v) is 12.4. The van der Waals surface area contributed by atoms with Gasteiger partial charge in [-0.3, -0.25) is 14.4 Å². The van der Waals surface area contributed by atoms with Gasteiger partial charge >= 0.3 is 0 Å². The van der Waals surface area contributed by atoms with Gasteiger partial charge in [-0.15, -0.1) is 11.3 Å². The largest absolute Gasteiger partial charge is 0.298 e. The zero-order chi connectivity index (χ0) is 20.8. The summed E-state index contributed by atoms with van der Waals surface area (Å²) < 4.78 is 26.5. The van der Waals surface area contributed by atoms with Crippen LogP contribution in [0.15, 0.2) is 52.3 Å². The number of hydrogen-bond donors (Lipinski definition) is 1. The third kappa shape index (κ3) is 4.08. The van der Waals surface area contributed by atoms with Crippen molar-refractivity contribution in [3.05, 3.63) is 63.4 Å². The SMILES string of the molecule is C[C@@H]1Cc2cc(C(=O)Nc3nc(-c4ccc(Br)cc4)cs3)ccc2N1S(C)(=O)=O. The van der Waals surface area contributed by atoms with Crippen LogP contribution in [0.5, 0.6) is 0 Å². The van der Waals surface area contributed by atoms with Crippen molar-refractivity contribution >= 4 is 54.0 Å². The number of sulfonamides is 1. The molecule has 1 N–H and O–H groups in total. The summed E-state index contributed by atoms with van der Waals surface area (Å²) in [6, 6.07) is 12.7. The van der Waals surface area contributed by atoms with Crippen molar-refractivity contribution < 1.29 is 13.2 Å². The number of benzene rings is 2.